The molecule has 0 aromatic heterocycles. The van der Waals surface area contributed by atoms with Gasteiger partial charge >= 0.3 is 0 Å². The van der Waals surface area contributed by atoms with Gasteiger partial charge in [-0.3, -0.25) is 0 Å². The lowest BCUT2D eigenvalue weighted by Gasteiger charge is -2.14. The van der Waals surface area contributed by atoms with Crippen LogP contribution < -0.4 is 4.74 Å². The van der Waals surface area contributed by atoms with Gasteiger partial charge in [0.05, 0.1) is 12.7 Å². The molecule has 0 saturated heterocycles. The minimum absolute atomic E-state index is 0.504. The van der Waals surface area contributed by atoms with Crippen LogP contribution in [-0.4, -0.2) is 11.7 Å². The van der Waals surface area contributed by atoms with E-state index >= 15 is 0 Å². The Morgan fingerprint density at radius 3 is 2.29 bits per heavy atom. The Kier molecular flexibility index (Phi) is 9.77. The molecule has 1 unspecified atom stereocenters. The Balaban J connectivity index is 2.18. The van der Waals surface area contributed by atoms with Crippen LogP contribution >= 0.6 is 15.9 Å². The number of aliphatic hydroxyl groups is 1. The van der Waals surface area contributed by atoms with Gasteiger partial charge in [0.2, 0.25) is 0 Å². The molecule has 0 spiro atoms. The number of rotatable bonds is 11. The summed E-state index contributed by atoms with van der Waals surface area (Å²) >= 11 is 3.43. The highest BCUT2D eigenvalue weighted by molar-refractivity contribution is 9.10. The van der Waals surface area contributed by atoms with Gasteiger partial charge in [0.25, 0.3) is 0 Å². The highest BCUT2D eigenvalue weighted by atomic mass is 79.9. The third kappa shape index (κ3) is 7.87. The van der Waals surface area contributed by atoms with E-state index in [1.54, 1.807) is 6.92 Å². The van der Waals surface area contributed by atoms with Crippen LogP contribution in [0.25, 0.3) is 0 Å². The summed E-state index contributed by atoms with van der Waals surface area (Å²) in [6, 6.07) is 5.81. The summed E-state index contributed by atoms with van der Waals surface area (Å²) in [6.07, 6.45) is 9.89. The van der Waals surface area contributed by atoms with Gasteiger partial charge in [-0.15, -0.1) is 0 Å². The zero-order valence-corrected chi connectivity index (χ0v) is 15.0. The van der Waals surface area contributed by atoms with Gasteiger partial charge in [-0.1, -0.05) is 67.8 Å². The van der Waals surface area contributed by atoms with Crippen molar-refractivity contribution in [2.24, 2.45) is 0 Å². The normalized spacial score (nSPS) is 12.4. The maximum Gasteiger partial charge on any atom is 0.125 e. The second-order valence-corrected chi connectivity index (χ2v) is 6.60. The minimum atomic E-state index is -0.504. The van der Waals surface area contributed by atoms with Gasteiger partial charge < -0.3 is 9.84 Å². The third-order valence-corrected chi connectivity index (χ3v) is 4.17. The molecular formula is C18H29BrO2. The molecule has 0 radical (unpaired) electrons. The first-order valence-electron chi connectivity index (χ1n) is 8.25. The summed E-state index contributed by atoms with van der Waals surface area (Å²) in [5, 5.41) is 9.77. The lowest BCUT2D eigenvalue weighted by molar-refractivity contribution is 0.190. The van der Waals surface area contributed by atoms with Crippen LogP contribution in [0.2, 0.25) is 0 Å². The van der Waals surface area contributed by atoms with Crippen molar-refractivity contribution in [1.29, 1.82) is 0 Å². The molecule has 120 valence electrons. The summed E-state index contributed by atoms with van der Waals surface area (Å²) in [5.41, 5.74) is 0.851. The lowest BCUT2D eigenvalue weighted by Crippen LogP contribution is -2.02. The number of benzene rings is 1. The average Bonchev–Trinajstić information content (AvgIpc) is 2.46. The number of hydrogen-bond acceptors (Lipinski definition) is 2. The van der Waals surface area contributed by atoms with Crippen molar-refractivity contribution in [1.82, 2.24) is 0 Å². The van der Waals surface area contributed by atoms with E-state index in [-0.39, 0.29) is 0 Å². The predicted octanol–water partition coefficient (Wildman–Crippen LogP) is 6.02. The first-order valence-corrected chi connectivity index (χ1v) is 9.04. The van der Waals surface area contributed by atoms with Gasteiger partial charge in [-0.2, -0.15) is 0 Å². The SMILES string of the molecule is CCCCCCCCCCOc1ccc(Br)cc1C(C)O. The molecule has 1 aromatic carbocycles. The number of halogens is 1. The van der Waals surface area contributed by atoms with E-state index in [0.29, 0.717) is 0 Å². The molecule has 1 atom stereocenters. The van der Waals surface area contributed by atoms with Crippen LogP contribution in [0, 0.1) is 0 Å². The molecule has 0 amide bonds. The van der Waals surface area contributed by atoms with Crippen LogP contribution in [0.1, 0.15) is 76.9 Å². The van der Waals surface area contributed by atoms with E-state index in [2.05, 4.69) is 22.9 Å². The van der Waals surface area contributed by atoms with Crippen molar-refractivity contribution in [2.45, 2.75) is 71.3 Å². The molecule has 2 nitrogen and oxygen atoms in total. The van der Waals surface area contributed by atoms with Crippen LogP contribution in [0.5, 0.6) is 5.75 Å². The minimum Gasteiger partial charge on any atom is -0.493 e. The first kappa shape index (κ1) is 18.5. The smallest absolute Gasteiger partial charge is 0.125 e. The maximum atomic E-state index is 9.77. The largest absolute Gasteiger partial charge is 0.493 e. The van der Waals surface area contributed by atoms with Crippen LogP contribution in [0.4, 0.5) is 0 Å². The summed E-state index contributed by atoms with van der Waals surface area (Å²) in [5.74, 6) is 0.802. The second-order valence-electron chi connectivity index (χ2n) is 5.68. The van der Waals surface area contributed by atoms with Gasteiger partial charge in [0.15, 0.2) is 0 Å². The van der Waals surface area contributed by atoms with Crippen molar-refractivity contribution < 1.29 is 9.84 Å². The zero-order valence-electron chi connectivity index (χ0n) is 13.4. The highest BCUT2D eigenvalue weighted by Gasteiger charge is 2.09. The average molecular weight is 357 g/mol. The monoisotopic (exact) mass is 356 g/mol. The van der Waals surface area contributed by atoms with Crippen molar-refractivity contribution in [3.63, 3.8) is 0 Å². The fraction of sp³-hybridized carbons (Fsp3) is 0.667. The van der Waals surface area contributed by atoms with E-state index < -0.39 is 6.10 Å². The first-order chi connectivity index (χ1) is 10.1. The third-order valence-electron chi connectivity index (χ3n) is 3.68. The number of unbranched alkanes of at least 4 members (excludes halogenated alkanes) is 7. The van der Waals surface area contributed by atoms with Gasteiger partial charge in [-0.05, 0) is 31.5 Å². The molecule has 0 heterocycles. The standard InChI is InChI=1S/C18H29BrO2/c1-3-4-5-6-7-8-9-10-13-21-18-12-11-16(19)14-17(18)15(2)20/h11-12,14-15,20H,3-10,13H2,1-2H3. The molecule has 0 aliphatic rings. The quantitative estimate of drug-likeness (QED) is 0.491. The van der Waals surface area contributed by atoms with Crippen LogP contribution in [-0.2, 0) is 0 Å². The van der Waals surface area contributed by atoms with Crippen LogP contribution in [0.15, 0.2) is 22.7 Å². The molecule has 0 aliphatic heterocycles. The maximum absolute atomic E-state index is 9.77. The summed E-state index contributed by atoms with van der Waals surface area (Å²) in [4.78, 5) is 0. The Hall–Kier alpha value is -0.540. The molecule has 1 rings (SSSR count). The summed E-state index contributed by atoms with van der Waals surface area (Å²) in [6.45, 7) is 4.75. The Bertz CT molecular complexity index is 391. The van der Waals surface area contributed by atoms with Crippen molar-refractivity contribution in [2.75, 3.05) is 6.61 Å². The molecule has 1 aromatic rings. The predicted molar refractivity (Wildman–Crippen MR) is 92.9 cm³/mol. The number of ether oxygens (including phenoxy) is 1. The Labute approximate surface area is 138 Å². The lowest BCUT2D eigenvalue weighted by atomic mass is 10.1. The van der Waals surface area contributed by atoms with Gasteiger partial charge in [0, 0.05) is 10.0 Å². The fourth-order valence-electron chi connectivity index (χ4n) is 2.40. The van der Waals surface area contributed by atoms with E-state index in [1.807, 2.05) is 18.2 Å². The molecule has 0 bridgehead atoms. The number of hydrogen-bond donors (Lipinski definition) is 1. The fourth-order valence-corrected chi connectivity index (χ4v) is 2.77. The summed E-state index contributed by atoms with van der Waals surface area (Å²) in [7, 11) is 0. The van der Waals surface area contributed by atoms with E-state index in [1.165, 1.54) is 44.9 Å². The highest BCUT2D eigenvalue weighted by Crippen LogP contribution is 2.28. The van der Waals surface area contributed by atoms with E-state index in [4.69, 9.17) is 4.74 Å². The van der Waals surface area contributed by atoms with Crippen molar-refractivity contribution in [3.8, 4) is 5.75 Å². The van der Waals surface area contributed by atoms with Crippen molar-refractivity contribution in [3.05, 3.63) is 28.2 Å². The second kappa shape index (κ2) is 11.1. The number of aliphatic hydroxyl groups excluding tert-OH is 1. The van der Waals surface area contributed by atoms with Crippen molar-refractivity contribution >= 4 is 15.9 Å². The van der Waals surface area contributed by atoms with E-state index in [9.17, 15) is 5.11 Å². The topological polar surface area (TPSA) is 29.5 Å². The van der Waals surface area contributed by atoms with Gasteiger partial charge in [0.1, 0.15) is 5.75 Å². The molecule has 0 fully saturated rings. The molecule has 21 heavy (non-hydrogen) atoms. The molecule has 0 aliphatic carbocycles. The Morgan fingerprint density at radius 2 is 1.67 bits per heavy atom. The zero-order chi connectivity index (χ0) is 15.5. The van der Waals surface area contributed by atoms with E-state index in [0.717, 1.165) is 28.8 Å². The molecule has 3 heteroatoms. The molecule has 0 saturated carbocycles. The van der Waals surface area contributed by atoms with Crippen LogP contribution in [0.3, 0.4) is 0 Å². The van der Waals surface area contributed by atoms with Gasteiger partial charge in [-0.25, -0.2) is 0 Å². The molecular weight excluding hydrogens is 328 g/mol. The summed E-state index contributed by atoms with van der Waals surface area (Å²) < 4.78 is 6.79. The molecule has 1 N–H and O–H groups in total. The Morgan fingerprint density at radius 1 is 1.05 bits per heavy atom.